The molecule has 1 aromatic carbocycles. The molecule has 2 heterocycles. The number of nitro groups is 1. The van der Waals surface area contributed by atoms with Crippen LogP contribution in [0.3, 0.4) is 0 Å². The second-order valence-electron chi connectivity index (χ2n) is 3.87. The molecule has 0 saturated heterocycles. The normalized spacial score (nSPS) is 10.7. The SMILES string of the molecule is Nc1nc(-c2cccc([N+](=O)[O-])c2)nc2[nH]ncc12. The maximum Gasteiger partial charge on any atom is 0.270 e. The lowest BCUT2D eigenvalue weighted by Gasteiger charge is -2.02. The molecule has 0 atom stereocenters. The van der Waals surface area contributed by atoms with Crippen molar-refractivity contribution in [2.45, 2.75) is 0 Å². The lowest BCUT2D eigenvalue weighted by molar-refractivity contribution is -0.384. The van der Waals surface area contributed by atoms with Crippen LogP contribution < -0.4 is 5.73 Å². The number of H-pyrrole nitrogens is 1. The lowest BCUT2D eigenvalue weighted by atomic mass is 10.2. The molecular weight excluding hydrogens is 248 g/mol. The highest BCUT2D eigenvalue weighted by atomic mass is 16.6. The Labute approximate surface area is 106 Å². The van der Waals surface area contributed by atoms with Crippen molar-refractivity contribution in [3.05, 3.63) is 40.6 Å². The standard InChI is InChI=1S/C11H8N6O2/c12-9-8-5-13-16-11(8)15-10(14-9)6-2-1-3-7(4-6)17(18)19/h1-5H,(H3,12,13,14,15,16). The molecule has 3 N–H and O–H groups in total. The summed E-state index contributed by atoms with van der Waals surface area (Å²) in [6, 6.07) is 6.06. The number of fused-ring (bicyclic) bond motifs is 1. The van der Waals surface area contributed by atoms with Gasteiger partial charge in [-0.2, -0.15) is 5.10 Å². The van der Waals surface area contributed by atoms with Crippen molar-refractivity contribution in [2.75, 3.05) is 5.73 Å². The van der Waals surface area contributed by atoms with E-state index in [1.165, 1.54) is 18.3 Å². The van der Waals surface area contributed by atoms with Gasteiger partial charge in [0.25, 0.3) is 5.69 Å². The van der Waals surface area contributed by atoms with Crippen LogP contribution >= 0.6 is 0 Å². The van der Waals surface area contributed by atoms with E-state index in [0.717, 1.165) is 0 Å². The number of rotatable bonds is 2. The number of nitrogen functional groups attached to an aromatic ring is 1. The zero-order valence-corrected chi connectivity index (χ0v) is 9.57. The largest absolute Gasteiger partial charge is 0.383 e. The van der Waals surface area contributed by atoms with Crippen LogP contribution in [0.25, 0.3) is 22.4 Å². The molecule has 0 aliphatic rings. The molecule has 8 heteroatoms. The molecule has 19 heavy (non-hydrogen) atoms. The van der Waals surface area contributed by atoms with Gasteiger partial charge >= 0.3 is 0 Å². The minimum Gasteiger partial charge on any atom is -0.383 e. The monoisotopic (exact) mass is 256 g/mol. The van der Waals surface area contributed by atoms with E-state index in [2.05, 4.69) is 20.2 Å². The molecule has 0 aliphatic carbocycles. The fraction of sp³-hybridized carbons (Fsp3) is 0. The van der Waals surface area contributed by atoms with Crippen molar-refractivity contribution in [3.63, 3.8) is 0 Å². The van der Waals surface area contributed by atoms with E-state index in [1.807, 2.05) is 0 Å². The molecule has 0 unspecified atom stereocenters. The van der Waals surface area contributed by atoms with Crippen molar-refractivity contribution in [1.29, 1.82) is 0 Å². The molecule has 94 valence electrons. The first-order chi connectivity index (χ1) is 9.15. The van der Waals surface area contributed by atoms with Gasteiger partial charge in [-0.25, -0.2) is 9.97 Å². The van der Waals surface area contributed by atoms with Crippen molar-refractivity contribution >= 4 is 22.5 Å². The van der Waals surface area contributed by atoms with Gasteiger partial charge < -0.3 is 5.73 Å². The Morgan fingerprint density at radius 1 is 1.32 bits per heavy atom. The quantitative estimate of drug-likeness (QED) is 0.529. The van der Waals surface area contributed by atoms with Crippen LogP contribution in [0, 0.1) is 10.1 Å². The average Bonchev–Trinajstić information content (AvgIpc) is 2.87. The number of aromatic nitrogens is 4. The van der Waals surface area contributed by atoms with Gasteiger partial charge in [-0.05, 0) is 0 Å². The third-order valence-corrected chi connectivity index (χ3v) is 2.65. The highest BCUT2D eigenvalue weighted by molar-refractivity contribution is 5.86. The molecule has 0 bridgehead atoms. The van der Waals surface area contributed by atoms with Gasteiger partial charge in [-0.15, -0.1) is 0 Å². The van der Waals surface area contributed by atoms with E-state index < -0.39 is 4.92 Å². The fourth-order valence-corrected chi connectivity index (χ4v) is 1.74. The topological polar surface area (TPSA) is 124 Å². The summed E-state index contributed by atoms with van der Waals surface area (Å²) in [5.41, 5.74) is 6.79. The second-order valence-corrected chi connectivity index (χ2v) is 3.87. The van der Waals surface area contributed by atoms with Gasteiger partial charge in [-0.1, -0.05) is 12.1 Å². The van der Waals surface area contributed by atoms with E-state index in [4.69, 9.17) is 5.73 Å². The van der Waals surface area contributed by atoms with Crippen LogP contribution in [0.5, 0.6) is 0 Å². The second kappa shape index (κ2) is 4.02. The van der Waals surface area contributed by atoms with E-state index in [0.29, 0.717) is 22.4 Å². The molecule has 0 radical (unpaired) electrons. The Kier molecular flexibility index (Phi) is 2.34. The highest BCUT2D eigenvalue weighted by Gasteiger charge is 2.12. The van der Waals surface area contributed by atoms with Crippen LogP contribution in [0.15, 0.2) is 30.5 Å². The predicted molar refractivity (Wildman–Crippen MR) is 68.2 cm³/mol. The number of nitrogens with two attached hydrogens (primary N) is 1. The highest BCUT2D eigenvalue weighted by Crippen LogP contribution is 2.24. The van der Waals surface area contributed by atoms with Gasteiger partial charge in [0.05, 0.1) is 16.5 Å². The Hall–Kier alpha value is -3.03. The molecule has 0 aliphatic heterocycles. The molecular formula is C11H8N6O2. The number of benzene rings is 1. The molecule has 0 fully saturated rings. The minimum atomic E-state index is -0.471. The van der Waals surface area contributed by atoms with Crippen molar-refractivity contribution in [1.82, 2.24) is 20.2 Å². The Morgan fingerprint density at radius 3 is 2.95 bits per heavy atom. The summed E-state index contributed by atoms with van der Waals surface area (Å²) in [5, 5.41) is 17.9. The number of nitrogens with one attached hydrogen (secondary N) is 1. The Bertz CT molecular complexity index is 782. The summed E-state index contributed by atoms with van der Waals surface area (Å²) in [6.45, 7) is 0. The first-order valence-electron chi connectivity index (χ1n) is 5.36. The maximum atomic E-state index is 10.7. The van der Waals surface area contributed by atoms with Gasteiger partial charge in [-0.3, -0.25) is 15.2 Å². The number of non-ortho nitro benzene ring substituents is 1. The van der Waals surface area contributed by atoms with E-state index in [9.17, 15) is 10.1 Å². The van der Waals surface area contributed by atoms with Gasteiger partial charge in [0.1, 0.15) is 5.82 Å². The zero-order valence-electron chi connectivity index (χ0n) is 9.57. The molecule has 0 saturated carbocycles. The van der Waals surface area contributed by atoms with Crippen LogP contribution in [0.4, 0.5) is 11.5 Å². The molecule has 8 nitrogen and oxygen atoms in total. The molecule has 3 aromatic rings. The van der Waals surface area contributed by atoms with Crippen molar-refractivity contribution in [2.24, 2.45) is 0 Å². The number of hydrogen-bond acceptors (Lipinski definition) is 6. The summed E-state index contributed by atoms with van der Waals surface area (Å²) in [4.78, 5) is 18.6. The van der Waals surface area contributed by atoms with Crippen LogP contribution in [0.2, 0.25) is 0 Å². The number of aromatic amines is 1. The summed E-state index contributed by atoms with van der Waals surface area (Å²) in [5.74, 6) is 0.596. The lowest BCUT2D eigenvalue weighted by Crippen LogP contribution is -1.97. The van der Waals surface area contributed by atoms with Gasteiger partial charge in [0, 0.05) is 17.7 Å². The molecule has 2 aromatic heterocycles. The van der Waals surface area contributed by atoms with E-state index in [-0.39, 0.29) is 11.5 Å². The van der Waals surface area contributed by atoms with Crippen LogP contribution in [-0.2, 0) is 0 Å². The number of anilines is 1. The molecule has 0 amide bonds. The molecule has 0 spiro atoms. The fourth-order valence-electron chi connectivity index (χ4n) is 1.74. The first-order valence-corrected chi connectivity index (χ1v) is 5.36. The number of nitrogens with zero attached hydrogens (tertiary/aromatic N) is 4. The smallest absolute Gasteiger partial charge is 0.270 e. The van der Waals surface area contributed by atoms with Crippen LogP contribution in [0.1, 0.15) is 0 Å². The minimum absolute atomic E-state index is 0.0237. The van der Waals surface area contributed by atoms with Gasteiger partial charge in [0.15, 0.2) is 11.5 Å². The zero-order chi connectivity index (χ0) is 13.4. The van der Waals surface area contributed by atoms with E-state index >= 15 is 0 Å². The predicted octanol–water partition coefficient (Wildman–Crippen LogP) is 1.51. The Balaban J connectivity index is 2.18. The third-order valence-electron chi connectivity index (χ3n) is 2.65. The first kappa shape index (κ1) is 11.1. The van der Waals surface area contributed by atoms with Crippen molar-refractivity contribution < 1.29 is 4.92 Å². The summed E-state index contributed by atoms with van der Waals surface area (Å²) >= 11 is 0. The maximum absolute atomic E-state index is 10.7. The summed E-state index contributed by atoms with van der Waals surface area (Å²) in [7, 11) is 0. The van der Waals surface area contributed by atoms with E-state index in [1.54, 1.807) is 12.1 Å². The summed E-state index contributed by atoms with van der Waals surface area (Å²) in [6.07, 6.45) is 1.53. The van der Waals surface area contributed by atoms with Gasteiger partial charge in [0.2, 0.25) is 0 Å². The van der Waals surface area contributed by atoms with Crippen molar-refractivity contribution in [3.8, 4) is 11.4 Å². The number of nitro benzene ring substituents is 1. The average molecular weight is 256 g/mol. The number of hydrogen-bond donors (Lipinski definition) is 2. The third kappa shape index (κ3) is 1.84. The van der Waals surface area contributed by atoms with Crippen LogP contribution in [-0.4, -0.2) is 25.1 Å². The summed E-state index contributed by atoms with van der Waals surface area (Å²) < 4.78 is 0. The molecule has 3 rings (SSSR count). The Morgan fingerprint density at radius 2 is 2.16 bits per heavy atom.